The molecule has 4 saturated heterocycles. The van der Waals surface area contributed by atoms with Gasteiger partial charge in [-0.3, -0.25) is 48.7 Å². The fourth-order valence-electron chi connectivity index (χ4n) is 10.6. The average Bonchev–Trinajstić information content (AvgIpc) is 3.61. The van der Waals surface area contributed by atoms with Gasteiger partial charge in [0, 0.05) is 101 Å². The van der Waals surface area contributed by atoms with Gasteiger partial charge in [0.1, 0.15) is 24.1 Å². The van der Waals surface area contributed by atoms with Gasteiger partial charge >= 0.3 is 0 Å². The molecule has 1 aromatic heterocycles. The summed E-state index contributed by atoms with van der Waals surface area (Å²) in [5.41, 5.74) is 10.9. The predicted octanol–water partition coefficient (Wildman–Crippen LogP) is 2.92. The minimum absolute atomic E-state index is 0.0344. The number of amides is 5. The molecule has 374 valence electrons. The Balaban J connectivity index is 0.00000107. The Labute approximate surface area is 409 Å². The van der Waals surface area contributed by atoms with Gasteiger partial charge in [0.2, 0.25) is 17.7 Å². The standard InChI is InChI=1S/C48H54N10O7.2CH2O2/c49-43-40(29-38(51-52-43)36-7-1-2-8-41(36)59)56-23-24-57(48(30-56)15-4-16-48)33-5-3-6-34(27-33)65-26-25-53-19-21-55(22-20-53)45(62)31-13-17-54(18-14-31)32-9-10-35-37(28-32)47(64)58(46(35)63)39-11-12-42(60)50-44(39)61;2*2-1-3/h1-3,5-10,27-29,31,39,59H,4,11-26,30H2,(H2,49,52)(H,50,60,61);2*1H,(H,2,3). The Morgan fingerprint density at radius 2 is 1.49 bits per heavy atom. The summed E-state index contributed by atoms with van der Waals surface area (Å²) in [7, 11) is 0. The number of nitrogens with zero attached hydrogens (tertiary/aromatic N) is 8. The zero-order chi connectivity index (χ0) is 50.2. The number of aromatic nitrogens is 2. The summed E-state index contributed by atoms with van der Waals surface area (Å²) in [6.07, 6.45) is 4.87. The lowest BCUT2D eigenvalue weighted by atomic mass is 9.73. The largest absolute Gasteiger partial charge is 0.507 e. The summed E-state index contributed by atoms with van der Waals surface area (Å²) in [4.78, 5) is 93.4. The lowest BCUT2D eigenvalue weighted by Gasteiger charge is -2.57. The fraction of sp³-hybridized carbons (Fsp3) is 0.420. The molecule has 1 atom stereocenters. The number of nitrogens with one attached hydrogen (secondary N) is 1. The van der Waals surface area contributed by atoms with Crippen LogP contribution in [-0.2, 0) is 24.0 Å². The highest BCUT2D eigenvalue weighted by atomic mass is 16.5. The quantitative estimate of drug-likeness (QED) is 0.113. The minimum atomic E-state index is -1.00. The second kappa shape index (κ2) is 21.9. The molecular formula is C50H58N10O11. The number of benzene rings is 3. The van der Waals surface area contributed by atoms with Gasteiger partial charge in [-0.15, -0.1) is 10.2 Å². The number of anilines is 4. The lowest BCUT2D eigenvalue weighted by molar-refractivity contribution is -0.138. The Hall–Kier alpha value is -7.81. The Bertz CT molecular complexity index is 2640. The number of piperidine rings is 2. The number of hydrogen-bond acceptors (Lipinski definition) is 16. The smallest absolute Gasteiger partial charge is 0.290 e. The van der Waals surface area contributed by atoms with Crippen LogP contribution in [-0.4, -0.2) is 166 Å². The number of ether oxygens (including phenoxy) is 1. The molecule has 6 aliphatic rings. The lowest BCUT2D eigenvalue weighted by Crippen LogP contribution is -2.66. The van der Waals surface area contributed by atoms with Crippen LogP contribution >= 0.6 is 0 Å². The van der Waals surface area contributed by atoms with Crippen LogP contribution in [0.4, 0.5) is 22.9 Å². The molecule has 6 N–H and O–H groups in total. The summed E-state index contributed by atoms with van der Waals surface area (Å²) in [6, 6.07) is 21.6. The van der Waals surface area contributed by atoms with E-state index in [0.717, 1.165) is 86.2 Å². The van der Waals surface area contributed by atoms with E-state index in [0.29, 0.717) is 62.7 Å². The van der Waals surface area contributed by atoms with E-state index in [9.17, 15) is 29.1 Å². The van der Waals surface area contributed by atoms with Crippen molar-refractivity contribution in [1.29, 1.82) is 0 Å². The van der Waals surface area contributed by atoms with E-state index >= 15 is 0 Å². The molecule has 1 unspecified atom stereocenters. The summed E-state index contributed by atoms with van der Waals surface area (Å²) >= 11 is 0. The molecule has 5 aliphatic heterocycles. The van der Waals surface area contributed by atoms with Gasteiger partial charge in [0.15, 0.2) is 5.82 Å². The first-order valence-corrected chi connectivity index (χ1v) is 23.8. The van der Waals surface area contributed by atoms with Crippen LogP contribution < -0.4 is 30.5 Å². The van der Waals surface area contributed by atoms with Gasteiger partial charge < -0.3 is 45.4 Å². The van der Waals surface area contributed by atoms with Crippen molar-refractivity contribution in [3.05, 3.63) is 83.9 Å². The first kappa shape index (κ1) is 49.6. The molecule has 4 aromatic rings. The Kier molecular flexibility index (Phi) is 15.3. The maximum absolute atomic E-state index is 13.7. The molecule has 3 aromatic carbocycles. The van der Waals surface area contributed by atoms with Crippen molar-refractivity contribution >= 4 is 65.4 Å². The Morgan fingerprint density at radius 1 is 0.775 bits per heavy atom. The predicted molar refractivity (Wildman–Crippen MR) is 260 cm³/mol. The van der Waals surface area contributed by atoms with Crippen molar-refractivity contribution in [2.45, 2.75) is 56.5 Å². The molecule has 21 nitrogen and oxygen atoms in total. The summed E-state index contributed by atoms with van der Waals surface area (Å²) in [5.74, 6) is -0.599. The summed E-state index contributed by atoms with van der Waals surface area (Å²) < 4.78 is 6.34. The number of carbonyl (C=O) groups is 7. The van der Waals surface area contributed by atoms with Crippen LogP contribution in [0.3, 0.4) is 0 Å². The van der Waals surface area contributed by atoms with Gasteiger partial charge in [-0.1, -0.05) is 18.2 Å². The number of imide groups is 2. The fourth-order valence-corrected chi connectivity index (χ4v) is 10.6. The SMILES string of the molecule is Nc1nnc(-c2ccccc2O)cc1N1CCN(c2cccc(OCCN3CCN(C(=O)C4CCN(c5ccc6c(c5)C(=O)N(C5CCC(=O)NC5=O)C6=O)CC4)CC3)c2)C2(CCC2)C1.O=CO.O=CO. The average molecular weight is 975 g/mol. The molecule has 1 aliphatic carbocycles. The summed E-state index contributed by atoms with van der Waals surface area (Å²) in [5, 5.41) is 35.0. The van der Waals surface area contributed by atoms with Crippen molar-refractivity contribution in [2.24, 2.45) is 5.92 Å². The third-order valence-corrected chi connectivity index (χ3v) is 14.4. The first-order chi connectivity index (χ1) is 34.4. The van der Waals surface area contributed by atoms with Gasteiger partial charge in [-0.2, -0.15) is 0 Å². The number of phenolic OH excluding ortho intramolecular Hbond substituents is 1. The van der Waals surface area contributed by atoms with Crippen LogP contribution in [0.1, 0.15) is 65.7 Å². The van der Waals surface area contributed by atoms with Crippen molar-refractivity contribution in [3.8, 4) is 22.8 Å². The number of carbonyl (C=O) groups excluding carboxylic acids is 5. The topological polar surface area (TPSA) is 273 Å². The molecule has 0 bridgehead atoms. The number of nitrogens with two attached hydrogens (primary N) is 1. The molecule has 6 heterocycles. The maximum atomic E-state index is 13.7. The van der Waals surface area contributed by atoms with Crippen LogP contribution in [0.5, 0.6) is 11.5 Å². The molecule has 1 saturated carbocycles. The highest BCUT2D eigenvalue weighted by molar-refractivity contribution is 6.23. The van der Waals surface area contributed by atoms with E-state index in [1.54, 1.807) is 24.3 Å². The zero-order valence-corrected chi connectivity index (χ0v) is 39.2. The highest BCUT2D eigenvalue weighted by Crippen LogP contribution is 2.45. The van der Waals surface area contributed by atoms with E-state index in [4.69, 9.17) is 30.3 Å². The van der Waals surface area contributed by atoms with Crippen molar-refractivity contribution in [3.63, 3.8) is 0 Å². The molecular weight excluding hydrogens is 917 g/mol. The summed E-state index contributed by atoms with van der Waals surface area (Å²) in [6.45, 7) is 7.37. The number of fused-ring (bicyclic) bond motifs is 1. The molecule has 5 amide bonds. The number of aromatic hydroxyl groups is 1. The molecule has 10 rings (SSSR count). The second-order valence-corrected chi connectivity index (χ2v) is 18.3. The minimum Gasteiger partial charge on any atom is -0.507 e. The van der Waals surface area contributed by atoms with Gasteiger partial charge in [-0.25, -0.2) is 0 Å². The van der Waals surface area contributed by atoms with Crippen LogP contribution in [0.2, 0.25) is 0 Å². The zero-order valence-electron chi connectivity index (χ0n) is 39.2. The number of para-hydroxylation sites is 1. The van der Waals surface area contributed by atoms with Gasteiger partial charge in [0.05, 0.1) is 28.0 Å². The van der Waals surface area contributed by atoms with E-state index in [1.165, 1.54) is 0 Å². The van der Waals surface area contributed by atoms with E-state index < -0.39 is 29.7 Å². The molecule has 0 radical (unpaired) electrons. The molecule has 71 heavy (non-hydrogen) atoms. The molecule has 5 fully saturated rings. The van der Waals surface area contributed by atoms with Crippen molar-refractivity contribution < 1.29 is 53.6 Å². The van der Waals surface area contributed by atoms with Crippen LogP contribution in [0.15, 0.2) is 72.8 Å². The van der Waals surface area contributed by atoms with Crippen molar-refractivity contribution in [2.75, 3.05) is 92.5 Å². The second-order valence-electron chi connectivity index (χ2n) is 18.3. The number of hydrogen-bond donors (Lipinski definition) is 5. The van der Waals surface area contributed by atoms with Gasteiger partial charge in [-0.05, 0) is 87.1 Å². The van der Waals surface area contributed by atoms with Gasteiger partial charge in [0.25, 0.3) is 24.8 Å². The number of carboxylic acid groups (broad SMARTS) is 2. The van der Waals surface area contributed by atoms with E-state index in [-0.39, 0.29) is 60.0 Å². The maximum Gasteiger partial charge on any atom is 0.290 e. The monoisotopic (exact) mass is 974 g/mol. The first-order valence-electron chi connectivity index (χ1n) is 23.8. The molecule has 21 heteroatoms. The highest BCUT2D eigenvalue weighted by Gasteiger charge is 2.48. The number of rotatable bonds is 10. The number of piperazine rings is 2. The van der Waals surface area contributed by atoms with E-state index in [2.05, 4.69) is 53.3 Å². The van der Waals surface area contributed by atoms with Crippen LogP contribution in [0, 0.1) is 5.92 Å². The number of nitrogen functional groups attached to an aromatic ring is 1. The molecule has 1 spiro atoms. The van der Waals surface area contributed by atoms with E-state index in [1.807, 2.05) is 35.2 Å². The Morgan fingerprint density at radius 3 is 2.18 bits per heavy atom. The third-order valence-electron chi connectivity index (χ3n) is 14.4. The van der Waals surface area contributed by atoms with Crippen molar-refractivity contribution in [1.82, 2.24) is 30.2 Å². The third kappa shape index (κ3) is 10.5. The number of phenols is 1. The normalized spacial score (nSPS) is 19.9. The van der Waals surface area contributed by atoms with Crippen LogP contribution in [0.25, 0.3) is 11.3 Å².